The standard InChI is InChI=1S/C4H2F4/c1-2(5)3(6)4(7)8/h1H2/p+1. The van der Waals surface area contributed by atoms with E-state index in [0.29, 0.717) is 0 Å². The van der Waals surface area contributed by atoms with Crippen molar-refractivity contribution in [3.8, 4) is 0 Å². The van der Waals surface area contributed by atoms with Crippen LogP contribution in [-0.4, -0.2) is 0 Å². The number of hydrogen-bond donors (Lipinski definition) is 0. The van der Waals surface area contributed by atoms with Crippen molar-refractivity contribution in [3.05, 3.63) is 24.3 Å². The van der Waals surface area contributed by atoms with Gasteiger partial charge in [-0.1, -0.05) is 6.58 Å². The molecule has 0 heterocycles. The largest absolute Gasteiger partial charge is 1.00 e. The fourth-order valence-corrected chi connectivity index (χ4v) is 0.103. The zero-order valence-electron chi connectivity index (χ0n) is 4.72. The first-order valence-corrected chi connectivity index (χ1v) is 1.61. The van der Waals surface area contributed by atoms with E-state index in [4.69, 9.17) is 0 Å². The molecule has 0 N–H and O–H groups in total. The van der Waals surface area contributed by atoms with Crippen LogP contribution >= 0.6 is 0 Å². The van der Waals surface area contributed by atoms with Gasteiger partial charge < -0.3 is 0 Å². The van der Waals surface area contributed by atoms with Gasteiger partial charge in [0.05, 0.1) is 0 Å². The first-order valence-electron chi connectivity index (χ1n) is 1.61. The lowest BCUT2D eigenvalue weighted by molar-refractivity contribution is 0.372. The van der Waals surface area contributed by atoms with Crippen LogP contribution in [0.4, 0.5) is 17.6 Å². The Kier molecular flexibility index (Phi) is 2.24. The number of halogens is 4. The highest BCUT2D eigenvalue weighted by molar-refractivity contribution is 5.14. The Morgan fingerprint density at radius 1 is 1.12 bits per heavy atom. The monoisotopic (exact) mass is 127 g/mol. The molecule has 46 valence electrons. The summed E-state index contributed by atoms with van der Waals surface area (Å²) in [5.41, 5.74) is 0. The lowest BCUT2D eigenvalue weighted by Gasteiger charge is -1.83. The van der Waals surface area contributed by atoms with E-state index in [2.05, 4.69) is 6.58 Å². The van der Waals surface area contributed by atoms with Gasteiger partial charge in [-0.2, -0.15) is 13.2 Å². The Hall–Kier alpha value is -0.800. The van der Waals surface area contributed by atoms with Crippen molar-refractivity contribution in [1.82, 2.24) is 0 Å². The van der Waals surface area contributed by atoms with Crippen LogP contribution in [0.2, 0.25) is 0 Å². The van der Waals surface area contributed by atoms with Crippen molar-refractivity contribution in [3.63, 3.8) is 0 Å². The zero-order valence-corrected chi connectivity index (χ0v) is 3.72. The van der Waals surface area contributed by atoms with Gasteiger partial charge in [0.15, 0.2) is 5.83 Å². The van der Waals surface area contributed by atoms with Crippen LogP contribution in [0, 0.1) is 0 Å². The molecule has 0 aliphatic rings. The third-order valence-corrected chi connectivity index (χ3v) is 0.404. The van der Waals surface area contributed by atoms with E-state index < -0.39 is 17.7 Å². The third-order valence-electron chi connectivity index (χ3n) is 0.404. The molecule has 0 bridgehead atoms. The maximum absolute atomic E-state index is 11.3. The van der Waals surface area contributed by atoms with Crippen molar-refractivity contribution in [2.75, 3.05) is 0 Å². The van der Waals surface area contributed by atoms with E-state index in [-0.39, 0.29) is 1.43 Å². The summed E-state index contributed by atoms with van der Waals surface area (Å²) in [7, 11) is 0. The molecule has 0 fully saturated rings. The summed E-state index contributed by atoms with van der Waals surface area (Å²) in [4.78, 5) is 0. The average molecular weight is 127 g/mol. The van der Waals surface area contributed by atoms with Crippen LogP contribution in [0.5, 0.6) is 0 Å². The molecule has 0 aliphatic heterocycles. The summed E-state index contributed by atoms with van der Waals surface area (Å²) >= 11 is 0. The predicted octanol–water partition coefficient (Wildman–Crippen LogP) is 2.66. The van der Waals surface area contributed by atoms with E-state index >= 15 is 0 Å². The number of hydrogen-bond acceptors (Lipinski definition) is 0. The molecular weight excluding hydrogens is 124 g/mol. The molecule has 0 radical (unpaired) electrons. The summed E-state index contributed by atoms with van der Waals surface area (Å²) in [6, 6.07) is 0. The molecule has 0 unspecified atom stereocenters. The molecule has 0 saturated carbocycles. The molecule has 0 aromatic heterocycles. The maximum atomic E-state index is 11.3. The zero-order chi connectivity index (χ0) is 6.73. The summed E-state index contributed by atoms with van der Waals surface area (Å²) in [5, 5.41) is 0. The minimum absolute atomic E-state index is 0. The highest BCUT2D eigenvalue weighted by Crippen LogP contribution is 2.16. The molecule has 0 atom stereocenters. The highest BCUT2D eigenvalue weighted by atomic mass is 19.3. The van der Waals surface area contributed by atoms with Gasteiger partial charge in [-0.15, -0.1) is 0 Å². The fourth-order valence-electron chi connectivity index (χ4n) is 0.103. The first-order chi connectivity index (χ1) is 3.55. The van der Waals surface area contributed by atoms with Crippen molar-refractivity contribution < 1.29 is 19.0 Å². The molecule has 0 spiro atoms. The van der Waals surface area contributed by atoms with E-state index in [9.17, 15) is 17.6 Å². The van der Waals surface area contributed by atoms with Crippen molar-refractivity contribution in [1.29, 1.82) is 0 Å². The van der Waals surface area contributed by atoms with Crippen LogP contribution in [0.3, 0.4) is 0 Å². The van der Waals surface area contributed by atoms with Gasteiger partial charge in [-0.3, -0.25) is 0 Å². The Morgan fingerprint density at radius 3 is 1.50 bits per heavy atom. The number of rotatable bonds is 1. The van der Waals surface area contributed by atoms with E-state index in [1.54, 1.807) is 0 Å². The van der Waals surface area contributed by atoms with Gasteiger partial charge in [0.2, 0.25) is 5.83 Å². The van der Waals surface area contributed by atoms with Crippen LogP contribution in [-0.2, 0) is 0 Å². The molecular formula is C4H3F4+. The normalized spacial score (nSPS) is 8.50. The molecule has 4 heteroatoms. The van der Waals surface area contributed by atoms with Gasteiger partial charge in [0, 0.05) is 0 Å². The molecule has 0 aromatic carbocycles. The van der Waals surface area contributed by atoms with Gasteiger partial charge in [0.1, 0.15) is 0 Å². The number of allylic oxidation sites excluding steroid dienone is 2. The topological polar surface area (TPSA) is 0 Å². The van der Waals surface area contributed by atoms with Crippen molar-refractivity contribution >= 4 is 0 Å². The van der Waals surface area contributed by atoms with Gasteiger partial charge in [0.25, 0.3) is 0 Å². The molecule has 8 heavy (non-hydrogen) atoms. The minimum Gasteiger partial charge on any atom is -0.204 e. The average Bonchev–Trinajstić information content (AvgIpc) is 1.64. The minimum atomic E-state index is -2.68. The van der Waals surface area contributed by atoms with Gasteiger partial charge >= 0.3 is 7.51 Å². The van der Waals surface area contributed by atoms with E-state index in [0.717, 1.165) is 0 Å². The lowest BCUT2D eigenvalue weighted by Crippen LogP contribution is -1.72. The van der Waals surface area contributed by atoms with Crippen LogP contribution in [0.25, 0.3) is 0 Å². The Labute approximate surface area is 44.6 Å². The van der Waals surface area contributed by atoms with Crippen molar-refractivity contribution in [2.45, 2.75) is 0 Å². The van der Waals surface area contributed by atoms with E-state index in [1.165, 1.54) is 0 Å². The Bertz CT molecular complexity index is 136. The summed E-state index contributed by atoms with van der Waals surface area (Å²) in [5.74, 6) is -3.92. The summed E-state index contributed by atoms with van der Waals surface area (Å²) in [6.45, 7) is 2.30. The van der Waals surface area contributed by atoms with Crippen LogP contribution in [0.1, 0.15) is 1.43 Å². The van der Waals surface area contributed by atoms with E-state index in [1.807, 2.05) is 0 Å². The lowest BCUT2D eigenvalue weighted by atomic mass is 10.5. The second-order valence-electron chi connectivity index (χ2n) is 0.979. The van der Waals surface area contributed by atoms with Gasteiger partial charge in [-0.25, -0.2) is 4.39 Å². The summed E-state index contributed by atoms with van der Waals surface area (Å²) in [6.07, 6.45) is -2.68. The SMILES string of the molecule is C=C(F)C(F)=C(F)F.[H+]. The van der Waals surface area contributed by atoms with Crippen molar-refractivity contribution in [2.24, 2.45) is 0 Å². The molecule has 0 saturated heterocycles. The highest BCUT2D eigenvalue weighted by Gasteiger charge is 2.07. The van der Waals surface area contributed by atoms with Gasteiger partial charge in [-0.05, 0) is 0 Å². The molecule has 0 aliphatic carbocycles. The predicted molar refractivity (Wildman–Crippen MR) is 21.7 cm³/mol. The van der Waals surface area contributed by atoms with Crippen LogP contribution < -0.4 is 0 Å². The quantitative estimate of drug-likeness (QED) is 0.375. The second kappa shape index (κ2) is 2.49. The summed E-state index contributed by atoms with van der Waals surface area (Å²) < 4.78 is 44.3. The fraction of sp³-hybridized carbons (Fsp3) is 0. The molecule has 0 rings (SSSR count). The molecule has 0 aromatic rings. The molecule has 0 amide bonds. The third kappa shape index (κ3) is 1.77. The molecule has 0 nitrogen and oxygen atoms in total. The Balaban J connectivity index is 0. The Morgan fingerprint density at radius 2 is 1.50 bits per heavy atom. The van der Waals surface area contributed by atoms with Crippen LogP contribution in [0.15, 0.2) is 24.3 Å². The maximum Gasteiger partial charge on any atom is 1.00 e. The smallest absolute Gasteiger partial charge is 0.204 e. The second-order valence-corrected chi connectivity index (χ2v) is 0.979. The first kappa shape index (κ1) is 7.20.